The number of nitrogens with zero attached hydrogens (tertiary/aromatic N) is 3. The van der Waals surface area contributed by atoms with Crippen LogP contribution in [0.25, 0.3) is 54.7 Å². The van der Waals surface area contributed by atoms with Gasteiger partial charge in [0.2, 0.25) is 0 Å². The molecular formula is C30H19IrN3OS-2. The van der Waals surface area contributed by atoms with Crippen molar-refractivity contribution < 1.29 is 30.0 Å². The van der Waals surface area contributed by atoms with Crippen LogP contribution in [0.3, 0.4) is 0 Å². The molecule has 7 aromatic rings. The Hall–Kier alpha value is -3.70. The Labute approximate surface area is 231 Å². The number of thiazole rings is 1. The summed E-state index contributed by atoms with van der Waals surface area (Å²) in [6.07, 6.45) is 1.45. The van der Waals surface area contributed by atoms with Gasteiger partial charge in [-0.3, -0.25) is 0 Å². The van der Waals surface area contributed by atoms with E-state index in [0.717, 1.165) is 37.3 Å². The molecule has 0 spiro atoms. The molecular weight excluding hydrogens is 643 g/mol. The fraction of sp³-hybridized carbons (Fsp3) is 0.0333. The van der Waals surface area contributed by atoms with Crippen molar-refractivity contribution >= 4 is 43.5 Å². The van der Waals surface area contributed by atoms with E-state index in [2.05, 4.69) is 27.1 Å². The normalized spacial score (nSPS) is 12.2. The van der Waals surface area contributed by atoms with Crippen molar-refractivity contribution in [2.75, 3.05) is 0 Å². The minimum absolute atomic E-state index is 0. The van der Waals surface area contributed by atoms with Crippen LogP contribution < -0.4 is 0 Å². The Kier molecular flexibility index (Phi) is 5.69. The maximum absolute atomic E-state index is 8.19. The molecule has 3 aromatic carbocycles. The Balaban J connectivity index is 0.000000209. The summed E-state index contributed by atoms with van der Waals surface area (Å²) in [5, 5.41) is 2.68. The predicted molar refractivity (Wildman–Crippen MR) is 142 cm³/mol. The molecule has 0 atom stereocenters. The van der Waals surface area contributed by atoms with E-state index in [1.165, 1.54) is 0 Å². The Morgan fingerprint density at radius 2 is 1.75 bits per heavy atom. The summed E-state index contributed by atoms with van der Waals surface area (Å²) in [7, 11) is 0. The van der Waals surface area contributed by atoms with Crippen LogP contribution in [-0.2, 0) is 20.1 Å². The van der Waals surface area contributed by atoms with Gasteiger partial charge in [0.25, 0.3) is 0 Å². The molecule has 0 N–H and O–H groups in total. The van der Waals surface area contributed by atoms with Gasteiger partial charge < -0.3 is 14.4 Å². The molecule has 0 saturated heterocycles. The largest absolute Gasteiger partial charge is 0.498 e. The van der Waals surface area contributed by atoms with Crippen LogP contribution in [0.5, 0.6) is 0 Å². The molecule has 0 aliphatic heterocycles. The second-order valence-electron chi connectivity index (χ2n) is 7.66. The fourth-order valence-electron chi connectivity index (χ4n) is 3.90. The third-order valence-corrected chi connectivity index (χ3v) is 6.35. The summed E-state index contributed by atoms with van der Waals surface area (Å²) in [5.74, 6) is 0. The topological polar surface area (TPSA) is 51.8 Å². The number of rotatable bonds is 2. The van der Waals surface area contributed by atoms with Gasteiger partial charge in [-0.2, -0.15) is 0 Å². The van der Waals surface area contributed by atoms with Gasteiger partial charge in [0.05, 0.1) is 20.8 Å². The quantitative estimate of drug-likeness (QED) is 0.176. The van der Waals surface area contributed by atoms with Crippen molar-refractivity contribution in [2.45, 2.75) is 6.92 Å². The first-order valence-electron chi connectivity index (χ1n) is 12.9. The van der Waals surface area contributed by atoms with Crippen LogP contribution in [0.1, 0.15) is 10.5 Å². The van der Waals surface area contributed by atoms with Gasteiger partial charge in [0.1, 0.15) is 11.1 Å². The molecule has 36 heavy (non-hydrogen) atoms. The van der Waals surface area contributed by atoms with Gasteiger partial charge in [-0.05, 0) is 36.5 Å². The molecule has 0 bridgehead atoms. The van der Waals surface area contributed by atoms with Crippen LogP contribution in [0.4, 0.5) is 0 Å². The summed E-state index contributed by atoms with van der Waals surface area (Å²) in [6.45, 7) is 1.95. The number of aryl methyl sites for hydroxylation is 1. The Bertz CT molecular complexity index is 1940. The number of hydrogen-bond acceptors (Lipinski definition) is 5. The molecule has 177 valence electrons. The molecule has 0 saturated carbocycles. The average Bonchev–Trinajstić information content (AvgIpc) is 3.55. The van der Waals surface area contributed by atoms with E-state index < -0.39 is 0 Å². The van der Waals surface area contributed by atoms with E-state index >= 15 is 0 Å². The second kappa shape index (κ2) is 10.5. The molecule has 1 radical (unpaired) electrons. The number of fused-ring (bicyclic) bond motifs is 5. The molecule has 4 aromatic heterocycles. The van der Waals surface area contributed by atoms with Crippen molar-refractivity contribution in [2.24, 2.45) is 0 Å². The molecule has 0 aliphatic carbocycles. The molecule has 4 heterocycles. The van der Waals surface area contributed by atoms with Crippen molar-refractivity contribution in [3.8, 4) is 22.5 Å². The van der Waals surface area contributed by atoms with E-state index in [-0.39, 0.29) is 50.1 Å². The third-order valence-electron chi connectivity index (χ3n) is 5.42. The van der Waals surface area contributed by atoms with Gasteiger partial charge in [-0.25, -0.2) is 4.98 Å². The molecule has 0 amide bonds. The molecule has 0 unspecified atom stereocenters. The average molecular weight is 666 g/mol. The van der Waals surface area contributed by atoms with Crippen LogP contribution in [0, 0.1) is 19.1 Å². The van der Waals surface area contributed by atoms with E-state index in [4.69, 9.17) is 9.90 Å². The number of hydrogen-bond donors (Lipinski definition) is 0. The minimum Gasteiger partial charge on any atom is -0.498 e. The first-order chi connectivity index (χ1) is 18.9. The first-order valence-corrected chi connectivity index (χ1v) is 11.7. The SMILES string of the molecule is [2H]c1nc(-c2[c-]ccc3c2oc2c3ccc3sc(C)nc32)c([2H])c([2H])c1[2H].[Ir].[c-]1ccccc1-c1ccccn1. The third kappa shape index (κ3) is 4.59. The summed E-state index contributed by atoms with van der Waals surface area (Å²) in [5.41, 5.74) is 4.49. The Morgan fingerprint density at radius 1 is 0.861 bits per heavy atom. The molecule has 6 heteroatoms. The summed E-state index contributed by atoms with van der Waals surface area (Å²) >= 11 is 1.59. The van der Waals surface area contributed by atoms with Gasteiger partial charge in [0, 0.05) is 37.9 Å². The van der Waals surface area contributed by atoms with Crippen molar-refractivity contribution in [1.82, 2.24) is 15.0 Å². The summed E-state index contributed by atoms with van der Waals surface area (Å²) < 4.78 is 38.8. The van der Waals surface area contributed by atoms with Crippen LogP contribution in [0.15, 0.2) is 102 Å². The number of aromatic nitrogens is 3. The molecule has 4 nitrogen and oxygen atoms in total. The van der Waals surface area contributed by atoms with Gasteiger partial charge >= 0.3 is 0 Å². The standard InChI is InChI=1S/C19H11N2OS.C11H8N.Ir/c1-11-21-17-16(23-11)9-8-13-12-5-4-6-14(18(12)22-19(13)17)15-7-2-3-10-20-15;1-2-6-10(7-3-1)11-8-4-5-9-12-11;/h2-5,7-10H,1H3;1-6,8-9H;/q2*-1;/i2D,3D,7D,10D;;. The van der Waals surface area contributed by atoms with Crippen molar-refractivity contribution in [3.05, 3.63) is 114 Å². The van der Waals surface area contributed by atoms with Gasteiger partial charge in [-0.15, -0.1) is 65.4 Å². The van der Waals surface area contributed by atoms with Crippen LogP contribution >= 0.6 is 11.3 Å². The monoisotopic (exact) mass is 666 g/mol. The summed E-state index contributed by atoms with van der Waals surface area (Å²) in [6, 6.07) is 26.5. The fourth-order valence-corrected chi connectivity index (χ4v) is 4.73. The Morgan fingerprint density at radius 3 is 2.58 bits per heavy atom. The predicted octanol–water partition coefficient (Wildman–Crippen LogP) is 7.91. The zero-order valence-electron chi connectivity index (χ0n) is 22.9. The number of pyridine rings is 2. The summed E-state index contributed by atoms with van der Waals surface area (Å²) in [4.78, 5) is 12.8. The molecule has 0 aliphatic rings. The van der Waals surface area contributed by atoms with E-state index in [0.29, 0.717) is 16.7 Å². The zero-order chi connectivity index (χ0) is 27.1. The molecule has 7 rings (SSSR count). The number of furan rings is 1. The van der Waals surface area contributed by atoms with Crippen LogP contribution in [-0.4, -0.2) is 15.0 Å². The maximum atomic E-state index is 8.19. The van der Waals surface area contributed by atoms with E-state index in [1.807, 2.05) is 67.6 Å². The van der Waals surface area contributed by atoms with Gasteiger partial charge in [0.15, 0.2) is 0 Å². The maximum Gasteiger partial charge on any atom is 0.148 e. The van der Waals surface area contributed by atoms with Crippen molar-refractivity contribution in [1.29, 1.82) is 0 Å². The smallest absolute Gasteiger partial charge is 0.148 e. The molecule has 0 fully saturated rings. The zero-order valence-corrected chi connectivity index (χ0v) is 22.1. The minimum atomic E-state index is -0.361. The number of benzene rings is 3. The van der Waals surface area contributed by atoms with Crippen molar-refractivity contribution in [3.63, 3.8) is 0 Å². The van der Waals surface area contributed by atoms with Crippen LogP contribution in [0.2, 0.25) is 0 Å². The van der Waals surface area contributed by atoms with Gasteiger partial charge in [-0.1, -0.05) is 41.2 Å². The first kappa shape index (κ1) is 19.5. The van der Waals surface area contributed by atoms with E-state index in [1.54, 1.807) is 23.6 Å². The second-order valence-corrected chi connectivity index (χ2v) is 8.89. The van der Waals surface area contributed by atoms with E-state index in [9.17, 15) is 0 Å².